The molecule has 0 bridgehead atoms. The van der Waals surface area contributed by atoms with Crippen LogP contribution in [0, 0.1) is 5.41 Å². The predicted octanol–water partition coefficient (Wildman–Crippen LogP) is -1.01. The Balaban J connectivity index is 0. The fourth-order valence-corrected chi connectivity index (χ4v) is 0.491. The second-order valence-corrected chi connectivity index (χ2v) is 3.19. The number of halogens is 3. The molecular weight excluding hydrogens is 183 g/mol. The average molecular weight is 192 g/mol. The first-order valence-corrected chi connectivity index (χ1v) is 2.90. The van der Waals surface area contributed by atoms with Crippen LogP contribution in [-0.4, -0.2) is 12.7 Å². The number of hydrogen-bond donors (Lipinski definition) is 0. The molecule has 0 aromatic heterocycles. The van der Waals surface area contributed by atoms with Gasteiger partial charge in [0.25, 0.3) is 0 Å². The van der Waals surface area contributed by atoms with E-state index < -0.39 is 18.1 Å². The number of carbonyl (C=O) groups is 1. The zero-order valence-corrected chi connectivity index (χ0v) is 10.2. The van der Waals surface area contributed by atoms with Crippen LogP contribution in [0.25, 0.3) is 0 Å². The Bertz CT molecular complexity index is 133. The molecule has 11 heavy (non-hydrogen) atoms. The molecule has 0 saturated heterocycles. The van der Waals surface area contributed by atoms with Gasteiger partial charge in [-0.15, -0.1) is 0 Å². The average Bonchev–Trinajstić information content (AvgIpc) is 1.59. The standard InChI is InChI=1S/C5H9BF3O.K/c1-5(2,3)4(10)6(7,8)9;/h1-3H3;/q-1;+1. The van der Waals surface area contributed by atoms with E-state index in [0.29, 0.717) is 0 Å². The summed E-state index contributed by atoms with van der Waals surface area (Å²) in [6, 6.07) is 0. The third-order valence-electron chi connectivity index (χ3n) is 1.04. The van der Waals surface area contributed by atoms with Crippen LogP contribution in [0.2, 0.25) is 0 Å². The molecule has 0 atom stereocenters. The second kappa shape index (κ2) is 4.41. The summed E-state index contributed by atoms with van der Waals surface area (Å²) in [6.07, 6.45) is 0. The summed E-state index contributed by atoms with van der Waals surface area (Å²) in [7, 11) is 0. The molecule has 6 heteroatoms. The normalized spacial score (nSPS) is 12.2. The summed E-state index contributed by atoms with van der Waals surface area (Å²) in [5.74, 6) is 0. The van der Waals surface area contributed by atoms with Crippen molar-refractivity contribution in [2.75, 3.05) is 0 Å². The van der Waals surface area contributed by atoms with Crippen molar-refractivity contribution in [2.24, 2.45) is 5.41 Å². The predicted molar refractivity (Wildman–Crippen MR) is 33.5 cm³/mol. The van der Waals surface area contributed by atoms with E-state index in [9.17, 15) is 17.7 Å². The Morgan fingerprint density at radius 3 is 1.45 bits per heavy atom. The van der Waals surface area contributed by atoms with Gasteiger partial charge < -0.3 is 17.7 Å². The molecule has 0 N–H and O–H groups in total. The maximum atomic E-state index is 11.7. The molecule has 0 radical (unpaired) electrons. The Kier molecular flexibility index (Phi) is 5.89. The van der Waals surface area contributed by atoms with Crippen molar-refractivity contribution in [3.8, 4) is 0 Å². The van der Waals surface area contributed by atoms with Crippen molar-refractivity contribution in [1.29, 1.82) is 0 Å². The van der Waals surface area contributed by atoms with Crippen molar-refractivity contribution in [2.45, 2.75) is 20.8 Å². The van der Waals surface area contributed by atoms with Gasteiger partial charge in [-0.25, -0.2) is 0 Å². The van der Waals surface area contributed by atoms with Gasteiger partial charge in [0.2, 0.25) is 0 Å². The van der Waals surface area contributed by atoms with Crippen molar-refractivity contribution >= 4 is 12.7 Å². The summed E-state index contributed by atoms with van der Waals surface area (Å²) in [5, 5.41) is 0. The fraction of sp³-hybridized carbons (Fsp3) is 0.800. The Morgan fingerprint density at radius 1 is 1.18 bits per heavy atom. The van der Waals surface area contributed by atoms with Gasteiger partial charge in [-0.2, -0.15) is 0 Å². The molecule has 0 aromatic carbocycles. The van der Waals surface area contributed by atoms with E-state index in [1.807, 2.05) is 0 Å². The largest absolute Gasteiger partial charge is 1.00 e. The molecule has 0 heterocycles. The monoisotopic (exact) mass is 192 g/mol. The maximum Gasteiger partial charge on any atom is 1.00 e. The molecule has 0 aliphatic rings. The summed E-state index contributed by atoms with van der Waals surface area (Å²) < 4.78 is 35.0. The SMILES string of the molecule is CC(C)(C)C(=O)[B-](F)(F)F.[K+]. The Labute approximate surface area is 107 Å². The molecule has 0 fully saturated rings. The van der Waals surface area contributed by atoms with Gasteiger partial charge in [-0.05, 0) is 5.41 Å². The zero-order chi connectivity index (χ0) is 8.58. The van der Waals surface area contributed by atoms with Crippen molar-refractivity contribution < 1.29 is 69.1 Å². The molecule has 0 spiro atoms. The summed E-state index contributed by atoms with van der Waals surface area (Å²) >= 11 is 0. The third kappa shape index (κ3) is 5.41. The number of hydrogen-bond acceptors (Lipinski definition) is 1. The molecule has 0 unspecified atom stereocenters. The molecule has 0 aliphatic carbocycles. The Hall–Kier alpha value is 1.16. The number of carbonyl (C=O) groups excluding carboxylic acids is 1. The van der Waals surface area contributed by atoms with E-state index >= 15 is 0 Å². The van der Waals surface area contributed by atoms with E-state index in [0.717, 1.165) is 0 Å². The minimum Gasteiger partial charge on any atom is -0.443 e. The smallest absolute Gasteiger partial charge is 0.443 e. The summed E-state index contributed by atoms with van der Waals surface area (Å²) in [6.45, 7) is -1.53. The molecule has 0 aromatic rings. The molecule has 60 valence electrons. The van der Waals surface area contributed by atoms with Crippen LogP contribution in [-0.2, 0) is 4.79 Å². The van der Waals surface area contributed by atoms with Crippen LogP contribution < -0.4 is 51.4 Å². The van der Waals surface area contributed by atoms with Gasteiger partial charge in [0.15, 0.2) is 0 Å². The van der Waals surface area contributed by atoms with Crippen molar-refractivity contribution in [3.05, 3.63) is 0 Å². The van der Waals surface area contributed by atoms with Gasteiger partial charge in [0, 0.05) is 0 Å². The molecular formula is C5H9BF3KO. The van der Waals surface area contributed by atoms with Gasteiger partial charge in [0.1, 0.15) is 0 Å². The van der Waals surface area contributed by atoms with E-state index in [1.165, 1.54) is 20.8 Å². The first-order valence-electron chi connectivity index (χ1n) is 2.90. The van der Waals surface area contributed by atoms with Crippen LogP contribution >= 0.6 is 0 Å². The minimum atomic E-state index is -5.30. The first kappa shape index (κ1) is 14.7. The summed E-state index contributed by atoms with van der Waals surface area (Å²) in [5.41, 5.74) is -2.91. The fourth-order valence-electron chi connectivity index (χ4n) is 0.491. The van der Waals surface area contributed by atoms with E-state index in [1.54, 1.807) is 0 Å². The second-order valence-electron chi connectivity index (χ2n) is 3.19. The van der Waals surface area contributed by atoms with E-state index in [2.05, 4.69) is 0 Å². The minimum absolute atomic E-state index is 0. The van der Waals surface area contributed by atoms with Gasteiger partial charge in [-0.1, -0.05) is 20.8 Å². The van der Waals surface area contributed by atoms with Crippen LogP contribution in [0.4, 0.5) is 12.9 Å². The quantitative estimate of drug-likeness (QED) is 0.486. The molecule has 1 nitrogen and oxygen atoms in total. The van der Waals surface area contributed by atoms with Crippen LogP contribution in [0.1, 0.15) is 20.8 Å². The van der Waals surface area contributed by atoms with Crippen LogP contribution in [0.3, 0.4) is 0 Å². The zero-order valence-electron chi connectivity index (χ0n) is 7.12. The molecule has 0 rings (SSSR count). The van der Waals surface area contributed by atoms with Gasteiger partial charge in [0.05, 0.1) is 5.68 Å². The van der Waals surface area contributed by atoms with Crippen molar-refractivity contribution in [1.82, 2.24) is 0 Å². The van der Waals surface area contributed by atoms with Crippen LogP contribution in [0.15, 0.2) is 0 Å². The van der Waals surface area contributed by atoms with E-state index in [-0.39, 0.29) is 51.4 Å². The number of rotatable bonds is 1. The van der Waals surface area contributed by atoms with Crippen LogP contribution in [0.5, 0.6) is 0 Å². The van der Waals surface area contributed by atoms with Gasteiger partial charge >= 0.3 is 58.4 Å². The topological polar surface area (TPSA) is 17.1 Å². The molecule has 0 amide bonds. The first-order chi connectivity index (χ1) is 4.15. The molecule has 0 aliphatic heterocycles. The maximum absolute atomic E-state index is 11.7. The van der Waals surface area contributed by atoms with Gasteiger partial charge in [-0.3, -0.25) is 0 Å². The van der Waals surface area contributed by atoms with E-state index in [4.69, 9.17) is 0 Å². The Morgan fingerprint density at radius 2 is 1.45 bits per heavy atom. The van der Waals surface area contributed by atoms with Crippen molar-refractivity contribution in [3.63, 3.8) is 0 Å². The molecule has 0 saturated carbocycles. The third-order valence-corrected chi connectivity index (χ3v) is 1.04. The summed E-state index contributed by atoms with van der Waals surface area (Å²) in [4.78, 5) is 10.4.